The molecule has 8 heteroatoms. The van der Waals surface area contributed by atoms with Crippen LogP contribution in [0.25, 0.3) is 0 Å². The molecular formula is C17H13F4N3O. The second kappa shape index (κ2) is 6.29. The summed E-state index contributed by atoms with van der Waals surface area (Å²) >= 11 is 0. The summed E-state index contributed by atoms with van der Waals surface area (Å²) in [5.74, 6) is -6.17. The lowest BCUT2D eigenvalue weighted by Gasteiger charge is -2.36. The molecule has 0 aliphatic heterocycles. The first-order valence-electron chi connectivity index (χ1n) is 7.29. The molecule has 3 rings (SSSR count). The molecule has 2 N–H and O–H groups in total. The average Bonchev–Trinajstić information content (AvgIpc) is 3.08. The first-order chi connectivity index (χ1) is 11.8. The molecule has 2 aromatic heterocycles. The van der Waals surface area contributed by atoms with Crippen molar-refractivity contribution in [1.82, 2.24) is 15.2 Å². The standard InChI is InChI=1S/C17H13F4N3O/c18-12-4-5-13(14(19)7-12)16(25,8-11-9-23-24-10-11)17(20,21)15-3-1-2-6-22-15/h1-7,9-10,25H,8H2,(H,23,24). The van der Waals surface area contributed by atoms with Gasteiger partial charge in [-0.05, 0) is 23.8 Å². The minimum Gasteiger partial charge on any atom is -0.378 e. The summed E-state index contributed by atoms with van der Waals surface area (Å²) in [6.07, 6.45) is 3.03. The Bertz CT molecular complexity index is 856. The number of halogens is 4. The molecule has 0 spiro atoms. The molecule has 25 heavy (non-hydrogen) atoms. The first-order valence-corrected chi connectivity index (χ1v) is 7.29. The Morgan fingerprint density at radius 3 is 2.52 bits per heavy atom. The van der Waals surface area contributed by atoms with Gasteiger partial charge in [-0.15, -0.1) is 0 Å². The molecule has 0 bridgehead atoms. The maximum absolute atomic E-state index is 15.2. The van der Waals surface area contributed by atoms with Crippen LogP contribution in [0.4, 0.5) is 17.6 Å². The van der Waals surface area contributed by atoms with Crippen molar-refractivity contribution in [1.29, 1.82) is 0 Å². The molecule has 1 atom stereocenters. The van der Waals surface area contributed by atoms with Crippen LogP contribution in [0.5, 0.6) is 0 Å². The summed E-state index contributed by atoms with van der Waals surface area (Å²) in [5, 5.41) is 17.0. The lowest BCUT2D eigenvalue weighted by Crippen LogP contribution is -2.46. The number of pyridine rings is 1. The number of aliphatic hydroxyl groups is 1. The van der Waals surface area contributed by atoms with Crippen molar-refractivity contribution >= 4 is 0 Å². The van der Waals surface area contributed by atoms with Crippen LogP contribution in [-0.4, -0.2) is 20.3 Å². The topological polar surface area (TPSA) is 61.8 Å². The van der Waals surface area contributed by atoms with E-state index in [-0.39, 0.29) is 5.56 Å². The summed E-state index contributed by atoms with van der Waals surface area (Å²) in [5.41, 5.74) is -4.24. The van der Waals surface area contributed by atoms with Gasteiger partial charge in [0.15, 0.2) is 5.60 Å². The molecule has 0 aliphatic rings. The van der Waals surface area contributed by atoms with E-state index in [1.54, 1.807) is 0 Å². The number of alkyl halides is 2. The van der Waals surface area contributed by atoms with E-state index in [1.807, 2.05) is 0 Å². The third-order valence-corrected chi connectivity index (χ3v) is 3.90. The molecule has 0 amide bonds. The number of nitrogens with zero attached hydrogens (tertiary/aromatic N) is 2. The minimum atomic E-state index is -3.95. The van der Waals surface area contributed by atoms with Gasteiger partial charge in [0.25, 0.3) is 0 Å². The van der Waals surface area contributed by atoms with E-state index in [1.165, 1.54) is 24.5 Å². The predicted molar refractivity (Wildman–Crippen MR) is 80.7 cm³/mol. The van der Waals surface area contributed by atoms with Gasteiger partial charge < -0.3 is 5.11 Å². The second-order valence-corrected chi connectivity index (χ2v) is 5.56. The van der Waals surface area contributed by atoms with Crippen LogP contribution in [0, 0.1) is 11.6 Å². The predicted octanol–water partition coefficient (Wildman–Crippen LogP) is 3.31. The fourth-order valence-electron chi connectivity index (χ4n) is 2.63. The van der Waals surface area contributed by atoms with E-state index >= 15 is 8.78 Å². The normalized spacial score (nSPS) is 14.3. The maximum Gasteiger partial charge on any atom is 0.322 e. The molecule has 2 heterocycles. The Labute approximate surface area is 140 Å². The minimum absolute atomic E-state index is 0.224. The van der Waals surface area contributed by atoms with Crippen molar-refractivity contribution in [3.63, 3.8) is 0 Å². The van der Waals surface area contributed by atoms with Gasteiger partial charge in [-0.2, -0.15) is 13.9 Å². The number of rotatable bonds is 5. The maximum atomic E-state index is 15.2. The highest BCUT2D eigenvalue weighted by atomic mass is 19.3. The third-order valence-electron chi connectivity index (χ3n) is 3.90. The smallest absolute Gasteiger partial charge is 0.322 e. The van der Waals surface area contributed by atoms with Crippen molar-refractivity contribution < 1.29 is 22.7 Å². The Hall–Kier alpha value is -2.74. The van der Waals surface area contributed by atoms with Crippen molar-refractivity contribution in [2.45, 2.75) is 17.9 Å². The zero-order valence-electron chi connectivity index (χ0n) is 12.8. The molecule has 4 nitrogen and oxygen atoms in total. The summed E-state index contributed by atoms with van der Waals surface area (Å²) in [6.45, 7) is 0. The van der Waals surface area contributed by atoms with Crippen LogP contribution in [0.3, 0.4) is 0 Å². The van der Waals surface area contributed by atoms with Gasteiger partial charge in [0.2, 0.25) is 0 Å². The van der Waals surface area contributed by atoms with Crippen LogP contribution in [-0.2, 0) is 17.9 Å². The fraction of sp³-hybridized carbons (Fsp3) is 0.176. The summed E-state index contributed by atoms with van der Waals surface area (Å²) in [7, 11) is 0. The average molecular weight is 351 g/mol. The second-order valence-electron chi connectivity index (χ2n) is 5.56. The Kier molecular flexibility index (Phi) is 4.30. The van der Waals surface area contributed by atoms with Crippen LogP contribution < -0.4 is 0 Å². The lowest BCUT2D eigenvalue weighted by molar-refractivity contribution is -0.199. The third kappa shape index (κ3) is 3.00. The molecule has 0 radical (unpaired) electrons. The van der Waals surface area contributed by atoms with E-state index < -0.39 is 40.8 Å². The van der Waals surface area contributed by atoms with Gasteiger partial charge >= 0.3 is 5.92 Å². The van der Waals surface area contributed by atoms with Gasteiger partial charge in [0, 0.05) is 30.4 Å². The van der Waals surface area contributed by atoms with Crippen LogP contribution >= 0.6 is 0 Å². The summed E-state index contributed by atoms with van der Waals surface area (Å²) in [6, 6.07) is 5.86. The van der Waals surface area contributed by atoms with E-state index in [0.717, 1.165) is 24.4 Å². The number of hydrogen-bond acceptors (Lipinski definition) is 3. The molecular weight excluding hydrogens is 338 g/mol. The van der Waals surface area contributed by atoms with Crippen molar-refractivity contribution in [3.05, 3.63) is 83.4 Å². The highest BCUT2D eigenvalue weighted by Crippen LogP contribution is 2.47. The zero-order chi connectivity index (χ0) is 18.1. The van der Waals surface area contributed by atoms with E-state index in [2.05, 4.69) is 15.2 Å². The van der Waals surface area contributed by atoms with Crippen LogP contribution in [0.2, 0.25) is 0 Å². The van der Waals surface area contributed by atoms with Crippen LogP contribution in [0.15, 0.2) is 55.0 Å². The number of aromatic nitrogens is 3. The molecule has 0 saturated carbocycles. The molecule has 0 saturated heterocycles. The number of nitrogens with one attached hydrogen (secondary N) is 1. The van der Waals surface area contributed by atoms with Crippen molar-refractivity contribution in [3.8, 4) is 0 Å². The number of benzene rings is 1. The molecule has 1 unspecified atom stereocenters. The molecule has 0 fully saturated rings. The molecule has 1 aromatic carbocycles. The zero-order valence-corrected chi connectivity index (χ0v) is 12.8. The highest BCUT2D eigenvalue weighted by molar-refractivity contribution is 5.33. The Morgan fingerprint density at radius 2 is 1.92 bits per heavy atom. The SMILES string of the molecule is OC(Cc1cn[nH]c1)(c1ccc(F)cc1F)C(F)(F)c1ccccn1. The van der Waals surface area contributed by atoms with Crippen molar-refractivity contribution in [2.24, 2.45) is 0 Å². The molecule has 130 valence electrons. The summed E-state index contributed by atoms with van der Waals surface area (Å²) in [4.78, 5) is 3.59. The van der Waals surface area contributed by atoms with E-state index in [0.29, 0.717) is 6.07 Å². The first kappa shape index (κ1) is 17.1. The van der Waals surface area contributed by atoms with Gasteiger partial charge in [0.05, 0.1) is 6.20 Å². The fourth-order valence-corrected chi connectivity index (χ4v) is 2.63. The molecule has 3 aromatic rings. The number of aromatic amines is 1. The van der Waals surface area contributed by atoms with Gasteiger partial charge in [-0.3, -0.25) is 10.1 Å². The van der Waals surface area contributed by atoms with Gasteiger partial charge in [0.1, 0.15) is 17.3 Å². The van der Waals surface area contributed by atoms with E-state index in [9.17, 15) is 13.9 Å². The highest BCUT2D eigenvalue weighted by Gasteiger charge is 2.57. The quantitative estimate of drug-likeness (QED) is 0.694. The number of H-pyrrole nitrogens is 1. The Morgan fingerprint density at radius 1 is 1.12 bits per heavy atom. The summed E-state index contributed by atoms with van der Waals surface area (Å²) < 4.78 is 57.8. The van der Waals surface area contributed by atoms with Gasteiger partial charge in [-0.1, -0.05) is 12.1 Å². The van der Waals surface area contributed by atoms with Gasteiger partial charge in [-0.25, -0.2) is 8.78 Å². The number of hydrogen-bond donors (Lipinski definition) is 2. The lowest BCUT2D eigenvalue weighted by atomic mass is 9.80. The van der Waals surface area contributed by atoms with E-state index in [4.69, 9.17) is 0 Å². The molecule has 0 aliphatic carbocycles. The monoisotopic (exact) mass is 351 g/mol. The largest absolute Gasteiger partial charge is 0.378 e. The Balaban J connectivity index is 2.18. The van der Waals surface area contributed by atoms with Crippen LogP contribution in [0.1, 0.15) is 16.8 Å². The van der Waals surface area contributed by atoms with Crippen molar-refractivity contribution in [2.75, 3.05) is 0 Å².